The molecule has 6 N–H and O–H groups in total. The summed E-state index contributed by atoms with van der Waals surface area (Å²) in [7, 11) is 1.44. The quantitative estimate of drug-likeness (QED) is 0.0617. The second-order valence-electron chi connectivity index (χ2n) is 18.8. The van der Waals surface area contributed by atoms with Crippen molar-refractivity contribution in [1.82, 2.24) is 9.91 Å². The van der Waals surface area contributed by atoms with Crippen molar-refractivity contribution in [1.29, 1.82) is 0 Å². The number of nitrogens with zero attached hydrogens (tertiary/aromatic N) is 3. The zero-order valence-electron chi connectivity index (χ0n) is 40.5. The number of methoxy groups -OCH3 is 1. The van der Waals surface area contributed by atoms with Crippen molar-refractivity contribution >= 4 is 51.9 Å². The van der Waals surface area contributed by atoms with E-state index in [0.29, 0.717) is 24.7 Å². The lowest BCUT2D eigenvalue weighted by Crippen LogP contribution is -2.54. The molecule has 4 aliphatic rings. The molecule has 368 valence electrons. The van der Waals surface area contributed by atoms with Gasteiger partial charge < -0.3 is 49.8 Å². The van der Waals surface area contributed by atoms with E-state index in [1.807, 2.05) is 43.1 Å². The van der Waals surface area contributed by atoms with Crippen molar-refractivity contribution in [2.24, 2.45) is 28.8 Å². The lowest BCUT2D eigenvalue weighted by atomic mass is 9.78. The Morgan fingerprint density at radius 1 is 0.926 bits per heavy atom. The van der Waals surface area contributed by atoms with Crippen molar-refractivity contribution in [3.05, 3.63) is 87.7 Å². The number of aliphatic hydroxyl groups is 2. The van der Waals surface area contributed by atoms with Crippen molar-refractivity contribution in [2.45, 2.75) is 118 Å². The highest BCUT2D eigenvalue weighted by atomic mass is 35.5. The summed E-state index contributed by atoms with van der Waals surface area (Å²) in [5.41, 5.74) is 0.664. The van der Waals surface area contributed by atoms with Crippen molar-refractivity contribution < 1.29 is 58.9 Å². The molecule has 0 spiro atoms. The first-order valence-electron chi connectivity index (χ1n) is 22.9. The van der Waals surface area contributed by atoms with Crippen LogP contribution in [0.5, 0.6) is 23.0 Å². The van der Waals surface area contributed by atoms with E-state index in [2.05, 4.69) is 10.2 Å². The summed E-state index contributed by atoms with van der Waals surface area (Å²) < 4.78 is 23.8. The van der Waals surface area contributed by atoms with E-state index in [9.17, 15) is 39.9 Å². The number of phenols is 3. The Morgan fingerprint density at radius 3 is 2.19 bits per heavy atom. The molecule has 1 saturated heterocycles. The summed E-state index contributed by atoms with van der Waals surface area (Å²) in [5, 5.41) is 68.8. The molecule has 0 aromatic heterocycles. The summed E-state index contributed by atoms with van der Waals surface area (Å²) in [6, 6.07) is 7.40. The third-order valence-corrected chi connectivity index (χ3v) is 13.9. The van der Waals surface area contributed by atoms with E-state index in [0.717, 1.165) is 5.56 Å². The predicted octanol–water partition coefficient (Wildman–Crippen LogP) is 7.34. The van der Waals surface area contributed by atoms with Gasteiger partial charge in [-0.2, -0.15) is 5.10 Å². The van der Waals surface area contributed by atoms with Crippen LogP contribution >= 0.6 is 11.6 Å². The van der Waals surface area contributed by atoms with Gasteiger partial charge in [0.15, 0.2) is 5.75 Å². The van der Waals surface area contributed by atoms with Crippen LogP contribution in [-0.4, -0.2) is 122 Å². The number of nitrogens with one attached hydrogen (secondary N) is 1. The average Bonchev–Trinajstić information content (AvgIpc) is 3.55. The minimum absolute atomic E-state index is 0.0436. The minimum Gasteiger partial charge on any atom is -0.507 e. The number of aromatic hydroxyl groups is 3. The zero-order chi connectivity index (χ0) is 50.1. The highest BCUT2D eigenvalue weighted by Gasteiger charge is 2.50. The molecule has 1 amide bonds. The SMILES string of the molecule is CO[C@H]1/C=C/O[C@@]2(C)Oc3c(C)c(O)c4c(O)c(c(/C=N/N5C(C)CN(Cc6ccc(Cl)cc6)CC5C)c(O)c4c3C2=O)NC(=O)/C(C)=C\C=C\[C@@H](C)[C@H](O)[C@@H](C)[C@@H](O)[C@@H](C)[C@H](OC(C)=O)[C@@H]1C. The van der Waals surface area contributed by atoms with Gasteiger partial charge in [-0.25, -0.2) is 0 Å². The van der Waals surface area contributed by atoms with E-state index in [1.54, 1.807) is 39.8 Å². The first-order valence-corrected chi connectivity index (χ1v) is 23.3. The van der Waals surface area contributed by atoms with Crippen molar-refractivity contribution in [3.8, 4) is 23.0 Å². The predicted molar refractivity (Wildman–Crippen MR) is 259 cm³/mol. The Bertz CT molecular complexity index is 2510. The molecule has 5 bridgehead atoms. The van der Waals surface area contributed by atoms with Crippen LogP contribution in [0.15, 0.2) is 65.5 Å². The number of allylic oxidation sites excluding steroid dienone is 2. The Hall–Kier alpha value is -5.65. The number of Topliss-reactive ketones (excluding diaryl/α,β-unsaturated/α-hetero) is 1. The average molecular weight is 962 g/mol. The molecule has 68 heavy (non-hydrogen) atoms. The second kappa shape index (κ2) is 20.9. The number of phenolic OH excluding ortho intramolecular Hbond substituents is 3. The molecule has 0 aliphatic carbocycles. The van der Waals surface area contributed by atoms with Crippen molar-refractivity contribution in [3.63, 3.8) is 0 Å². The molecular formula is C51H65ClN4O12. The number of carbonyl (C=O) groups excluding carboxylic acids is 3. The van der Waals surface area contributed by atoms with Crippen LogP contribution in [0.2, 0.25) is 5.02 Å². The molecule has 2 unspecified atom stereocenters. The number of hydrogen-bond donors (Lipinski definition) is 6. The van der Waals surface area contributed by atoms with Gasteiger partial charge in [0.05, 0.1) is 65.1 Å². The molecule has 4 aliphatic heterocycles. The number of anilines is 1. The largest absolute Gasteiger partial charge is 0.507 e. The minimum atomic E-state index is -2.07. The number of ketones is 1. The first-order chi connectivity index (χ1) is 32.0. The lowest BCUT2D eigenvalue weighted by molar-refractivity contribution is -0.160. The number of fused-ring (bicyclic) bond motifs is 14. The molecule has 11 atom stereocenters. The molecule has 7 rings (SSSR count). The van der Waals surface area contributed by atoms with Crippen LogP contribution in [0.1, 0.15) is 89.4 Å². The summed E-state index contributed by atoms with van der Waals surface area (Å²) in [6.45, 7) is 18.5. The van der Waals surface area contributed by atoms with E-state index in [1.165, 1.54) is 59.4 Å². The number of aliphatic hydroxyl groups excluding tert-OH is 2. The third-order valence-electron chi connectivity index (χ3n) is 13.6. The number of esters is 1. The van der Waals surface area contributed by atoms with E-state index < -0.39 is 88.8 Å². The van der Waals surface area contributed by atoms with Crippen molar-refractivity contribution in [2.75, 3.05) is 25.5 Å². The van der Waals surface area contributed by atoms with Gasteiger partial charge in [0.25, 0.3) is 11.7 Å². The van der Waals surface area contributed by atoms with E-state index in [4.69, 9.17) is 35.6 Å². The highest BCUT2D eigenvalue weighted by Crippen LogP contribution is 2.55. The topological polar surface area (TPSA) is 220 Å². The number of rotatable bonds is 6. The Kier molecular flexibility index (Phi) is 15.9. The zero-order valence-corrected chi connectivity index (χ0v) is 41.2. The molecule has 16 nitrogen and oxygen atoms in total. The maximum absolute atomic E-state index is 14.7. The molecule has 0 saturated carbocycles. The van der Waals surface area contributed by atoms with E-state index >= 15 is 0 Å². The Balaban J connectivity index is 1.48. The van der Waals surface area contributed by atoms with Gasteiger partial charge in [-0.1, -0.05) is 69.7 Å². The number of amides is 1. The van der Waals surface area contributed by atoms with Gasteiger partial charge >= 0.3 is 11.8 Å². The summed E-state index contributed by atoms with van der Waals surface area (Å²) in [6.07, 6.45) is 4.83. The molecule has 1 fully saturated rings. The molecule has 17 heteroatoms. The number of piperazine rings is 1. The summed E-state index contributed by atoms with van der Waals surface area (Å²) in [4.78, 5) is 43.4. The number of halogens is 1. The Morgan fingerprint density at radius 2 is 1.57 bits per heavy atom. The van der Waals surface area contributed by atoms with Crippen LogP contribution in [0, 0.1) is 30.6 Å². The van der Waals surface area contributed by atoms with Crippen LogP contribution in [0.4, 0.5) is 5.69 Å². The van der Waals surface area contributed by atoms with Crippen LogP contribution in [0.3, 0.4) is 0 Å². The smallest absolute Gasteiger partial charge is 0.312 e. The number of hydrogen-bond acceptors (Lipinski definition) is 15. The number of carbonyl (C=O) groups is 3. The fraction of sp³-hybridized carbons (Fsp3) is 0.490. The third kappa shape index (κ3) is 10.3. The fourth-order valence-corrected chi connectivity index (χ4v) is 9.75. The van der Waals surface area contributed by atoms with Gasteiger partial charge in [-0.3, -0.25) is 24.3 Å². The summed E-state index contributed by atoms with van der Waals surface area (Å²) in [5.74, 6) is -8.54. The molecular weight excluding hydrogens is 896 g/mol. The van der Waals surface area contributed by atoms with Crippen LogP contribution < -0.4 is 10.1 Å². The lowest BCUT2D eigenvalue weighted by Gasteiger charge is -2.42. The van der Waals surface area contributed by atoms with Gasteiger partial charge in [0.1, 0.15) is 23.4 Å². The van der Waals surface area contributed by atoms with E-state index in [-0.39, 0.29) is 56.6 Å². The van der Waals surface area contributed by atoms with Gasteiger partial charge in [-0.15, -0.1) is 0 Å². The molecule has 4 heterocycles. The van der Waals surface area contributed by atoms with Gasteiger partial charge in [0.2, 0.25) is 0 Å². The maximum atomic E-state index is 14.7. The van der Waals surface area contributed by atoms with Crippen LogP contribution in [-0.2, 0) is 30.3 Å². The number of hydrazone groups is 1. The van der Waals surface area contributed by atoms with Gasteiger partial charge in [-0.05, 0) is 51.5 Å². The molecule has 3 aromatic carbocycles. The highest BCUT2D eigenvalue weighted by molar-refractivity contribution is 6.30. The normalized spacial score (nSPS) is 31.6. The number of ether oxygens (including phenoxy) is 4. The molecule has 3 aromatic rings. The van der Waals surface area contributed by atoms with Crippen LogP contribution in [0.25, 0.3) is 10.8 Å². The summed E-state index contributed by atoms with van der Waals surface area (Å²) >= 11 is 6.12. The second-order valence-corrected chi connectivity index (χ2v) is 19.2. The molecule has 0 radical (unpaired) electrons. The monoisotopic (exact) mass is 960 g/mol. The first kappa shape index (κ1) is 51.7. The van der Waals surface area contributed by atoms with Gasteiger partial charge in [0, 0.05) is 85.8 Å². The maximum Gasteiger partial charge on any atom is 0.312 e. The fourth-order valence-electron chi connectivity index (χ4n) is 9.63. The number of benzene rings is 3. The standard InChI is InChI=1S/C51H65ClN4O12/c1-25-13-12-14-26(2)50(64)54-41-36(21-53-56-27(3)22-55(23-28(56)4)24-34-15-17-35(52)18-16-34)45(61)38-39(46(41)62)44(60)32(8)48-40(38)49(63)51(10,68-48)66-20-19-37(65-11)29(5)47(67-33(9)57)31(7)43(59)30(6)42(25)58/h12-21,25,27-31,37,42-43,47,58-62H,22-24H2,1-11H3,(H,54,64)/b13-12+,20-19+,26-14-,53-21+/t25-,27?,28?,29-,30-,31-,37+,42+,43-,47-,51+/m1/s1. The Labute approximate surface area is 402 Å².